The van der Waals surface area contributed by atoms with Gasteiger partial charge in [0.2, 0.25) is 0 Å². The van der Waals surface area contributed by atoms with Crippen LogP contribution in [-0.2, 0) is 0 Å². The minimum absolute atomic E-state index is 0.822. The Labute approximate surface area is 165 Å². The molecule has 0 atom stereocenters. The van der Waals surface area contributed by atoms with Crippen molar-refractivity contribution < 1.29 is 0 Å². The van der Waals surface area contributed by atoms with E-state index in [9.17, 15) is 0 Å². The van der Waals surface area contributed by atoms with Crippen LogP contribution in [0.25, 0.3) is 0 Å². The quantitative estimate of drug-likeness (QED) is 0.227. The van der Waals surface area contributed by atoms with Crippen LogP contribution in [0.5, 0.6) is 0 Å². The molecule has 0 unspecified atom stereocenters. The molecule has 0 saturated heterocycles. The maximum Gasteiger partial charge on any atom is 0.0313 e. The Morgan fingerprint density at radius 2 is 0.682 bits per heavy atom. The van der Waals surface area contributed by atoms with Crippen LogP contribution in [-0.4, -0.2) is 9.86 Å². The summed E-state index contributed by atoms with van der Waals surface area (Å²) >= 11 is 4.30. The molecule has 0 aliphatic rings. The molecule has 2 nitrogen and oxygen atoms in total. The third-order valence-electron chi connectivity index (χ3n) is 1.60. The minimum atomic E-state index is 0.822. The Balaban J connectivity index is -0.000000102. The van der Waals surface area contributed by atoms with Crippen LogP contribution in [0.15, 0.2) is 60.7 Å². The number of benzene rings is 2. The lowest BCUT2D eigenvalue weighted by atomic mass is 10.3. The van der Waals surface area contributed by atoms with Gasteiger partial charge in [-0.15, -0.1) is 0 Å². The zero-order valence-electron chi connectivity index (χ0n) is 14.7. The fourth-order valence-corrected chi connectivity index (χ4v) is 0.906. The molecular weight excluding hydrogens is 498 g/mol. The van der Waals surface area contributed by atoms with Crippen LogP contribution >= 0.6 is 45.2 Å². The van der Waals surface area contributed by atoms with Gasteiger partial charge in [0.1, 0.15) is 0 Å². The van der Waals surface area contributed by atoms with Gasteiger partial charge in [-0.25, -0.2) is 0 Å². The van der Waals surface area contributed by atoms with Crippen molar-refractivity contribution in [1.29, 1.82) is 0 Å². The van der Waals surface area contributed by atoms with Crippen LogP contribution < -0.4 is 11.5 Å². The van der Waals surface area contributed by atoms with Crippen molar-refractivity contribution in [2.75, 3.05) is 21.3 Å². The van der Waals surface area contributed by atoms with Crippen LogP contribution in [0.3, 0.4) is 0 Å². The van der Waals surface area contributed by atoms with E-state index in [1.54, 1.807) is 0 Å². The van der Waals surface area contributed by atoms with Crippen LogP contribution in [0.4, 0.5) is 11.4 Å². The monoisotopic (exact) mass is 530 g/mol. The number of hydrogen-bond acceptors (Lipinski definition) is 2. The first-order valence-corrected chi connectivity index (χ1v) is 11.5. The van der Waals surface area contributed by atoms with E-state index >= 15 is 0 Å². The Bertz CT molecular complexity index is 316. The lowest BCUT2D eigenvalue weighted by Gasteiger charge is -1.83. The maximum absolute atomic E-state index is 5.36. The summed E-state index contributed by atoms with van der Waals surface area (Å²) in [5.41, 5.74) is 12.4. The molecule has 0 aromatic heterocycles. The molecule has 2 aromatic carbocycles. The lowest BCUT2D eigenvalue weighted by molar-refractivity contribution is 1.50. The summed E-state index contributed by atoms with van der Waals surface area (Å²) in [7, 11) is 0. The molecule has 4 heteroatoms. The number of para-hydroxylation sites is 2. The van der Waals surface area contributed by atoms with Crippen molar-refractivity contribution in [3.8, 4) is 0 Å². The summed E-state index contributed by atoms with van der Waals surface area (Å²) in [6, 6.07) is 19.0. The number of nitrogens with two attached hydrogens (primary N) is 2. The molecule has 0 heterocycles. The minimum Gasteiger partial charge on any atom is -0.399 e. The Kier molecular flexibility index (Phi) is 43.5. The standard InChI is InChI=1S/2C6H7N.2C2H6.2CH3I/c2*7-6-4-2-1-3-5-6;4*1-2/h2*1-5H,7H2;2*1-2H3;2*1H3. The zero-order valence-corrected chi connectivity index (χ0v) is 19.0. The van der Waals surface area contributed by atoms with E-state index in [2.05, 4.69) is 45.2 Å². The van der Waals surface area contributed by atoms with Crippen molar-refractivity contribution in [2.24, 2.45) is 0 Å². The van der Waals surface area contributed by atoms with Gasteiger partial charge >= 0.3 is 0 Å². The Morgan fingerprint density at radius 1 is 0.500 bits per heavy atom. The van der Waals surface area contributed by atoms with Crippen molar-refractivity contribution in [1.82, 2.24) is 0 Å². The molecule has 0 fully saturated rings. The van der Waals surface area contributed by atoms with Crippen LogP contribution in [0.2, 0.25) is 0 Å². The summed E-state index contributed by atoms with van der Waals surface area (Å²) in [6.45, 7) is 8.00. The largest absolute Gasteiger partial charge is 0.399 e. The Morgan fingerprint density at radius 3 is 0.773 bits per heavy atom. The molecule has 0 aliphatic carbocycles. The van der Waals surface area contributed by atoms with Crippen molar-refractivity contribution in [3.05, 3.63) is 60.7 Å². The van der Waals surface area contributed by atoms with E-state index in [1.807, 2.05) is 98.2 Å². The predicted octanol–water partition coefficient (Wildman–Crippen LogP) is 6.69. The van der Waals surface area contributed by atoms with Gasteiger partial charge in [-0.05, 0) is 34.1 Å². The highest BCUT2D eigenvalue weighted by Crippen LogP contribution is 1.96. The van der Waals surface area contributed by atoms with E-state index in [1.165, 1.54) is 0 Å². The summed E-state index contributed by atoms with van der Waals surface area (Å²) in [6.07, 6.45) is 0. The SMILES string of the molecule is CC.CC.CI.CI.Nc1ccccc1.Nc1ccccc1. The molecule has 0 radical (unpaired) electrons. The van der Waals surface area contributed by atoms with Crippen molar-refractivity contribution in [3.63, 3.8) is 0 Å². The molecule has 0 aliphatic heterocycles. The van der Waals surface area contributed by atoms with E-state index in [-0.39, 0.29) is 0 Å². The fourth-order valence-electron chi connectivity index (χ4n) is 0.906. The van der Waals surface area contributed by atoms with Gasteiger partial charge in [0.15, 0.2) is 0 Å². The summed E-state index contributed by atoms with van der Waals surface area (Å²) in [5.74, 6) is 0. The number of hydrogen-bond donors (Lipinski definition) is 2. The van der Waals surface area contributed by atoms with E-state index in [0.29, 0.717) is 0 Å². The van der Waals surface area contributed by atoms with E-state index in [0.717, 1.165) is 11.4 Å². The van der Waals surface area contributed by atoms with Gasteiger partial charge in [0.25, 0.3) is 0 Å². The molecule has 128 valence electrons. The molecule has 0 bridgehead atoms. The molecule has 0 spiro atoms. The number of anilines is 2. The number of halogens is 2. The van der Waals surface area contributed by atoms with Gasteiger partial charge in [-0.1, -0.05) is 109 Å². The molecule has 4 N–H and O–H groups in total. The first-order chi connectivity index (χ1) is 10.8. The van der Waals surface area contributed by atoms with Crippen LogP contribution in [0.1, 0.15) is 27.7 Å². The topological polar surface area (TPSA) is 52.0 Å². The van der Waals surface area contributed by atoms with E-state index in [4.69, 9.17) is 11.5 Å². The second kappa shape index (κ2) is 32.4. The normalized spacial score (nSPS) is 6.55. The van der Waals surface area contributed by atoms with Crippen molar-refractivity contribution in [2.45, 2.75) is 27.7 Å². The van der Waals surface area contributed by atoms with Gasteiger partial charge in [0, 0.05) is 11.4 Å². The molecule has 2 rings (SSSR count). The smallest absolute Gasteiger partial charge is 0.0313 e. The molecule has 2 aromatic rings. The van der Waals surface area contributed by atoms with Crippen molar-refractivity contribution >= 4 is 56.6 Å². The average Bonchev–Trinajstić information content (AvgIpc) is 2.64. The van der Waals surface area contributed by atoms with Gasteiger partial charge < -0.3 is 11.5 Å². The Hall–Kier alpha value is -0.500. The summed E-state index contributed by atoms with van der Waals surface area (Å²) in [5, 5.41) is 0. The summed E-state index contributed by atoms with van der Waals surface area (Å²) < 4.78 is 0. The maximum atomic E-state index is 5.36. The first kappa shape index (κ1) is 29.5. The molecule has 0 amide bonds. The third kappa shape index (κ3) is 27.8. The van der Waals surface area contributed by atoms with Gasteiger partial charge in [-0.3, -0.25) is 0 Å². The number of nitrogen functional groups attached to an aromatic ring is 2. The third-order valence-corrected chi connectivity index (χ3v) is 1.60. The number of rotatable bonds is 0. The molecule has 0 saturated carbocycles. The second-order valence-corrected chi connectivity index (χ2v) is 2.82. The van der Waals surface area contributed by atoms with Crippen LogP contribution in [0, 0.1) is 0 Å². The van der Waals surface area contributed by atoms with Gasteiger partial charge in [-0.2, -0.15) is 0 Å². The lowest BCUT2D eigenvalue weighted by Crippen LogP contribution is -1.79. The fraction of sp³-hybridized carbons (Fsp3) is 0.333. The average molecular weight is 530 g/mol. The molecule has 22 heavy (non-hydrogen) atoms. The van der Waals surface area contributed by atoms with E-state index < -0.39 is 0 Å². The molecular formula is C18H32I2N2. The van der Waals surface area contributed by atoms with Gasteiger partial charge in [0.05, 0.1) is 0 Å². The number of alkyl halides is 2. The second-order valence-electron chi connectivity index (χ2n) is 2.82. The highest BCUT2D eigenvalue weighted by atomic mass is 127. The first-order valence-electron chi connectivity index (χ1n) is 7.15. The highest BCUT2D eigenvalue weighted by molar-refractivity contribution is 14.1. The predicted molar refractivity (Wildman–Crippen MR) is 124 cm³/mol. The highest BCUT2D eigenvalue weighted by Gasteiger charge is 1.72. The zero-order chi connectivity index (χ0) is 18.2. The summed E-state index contributed by atoms with van der Waals surface area (Å²) in [4.78, 5) is 3.94.